The van der Waals surface area contributed by atoms with Crippen molar-refractivity contribution in [2.24, 2.45) is 0 Å². The number of nitrogens with one attached hydrogen (secondary N) is 3. The van der Waals surface area contributed by atoms with Crippen LogP contribution in [-0.2, 0) is 6.54 Å². The summed E-state index contributed by atoms with van der Waals surface area (Å²) in [6.45, 7) is 0.395. The highest BCUT2D eigenvalue weighted by Crippen LogP contribution is 2.25. The quantitative estimate of drug-likeness (QED) is 0.450. The van der Waals surface area contributed by atoms with Crippen LogP contribution in [-0.4, -0.2) is 29.8 Å². The van der Waals surface area contributed by atoms with E-state index in [-0.39, 0.29) is 5.91 Å². The number of anilines is 1. The second-order valence-electron chi connectivity index (χ2n) is 8.00. The lowest BCUT2D eigenvalue weighted by Crippen LogP contribution is -2.23. The monoisotopic (exact) mass is 428 g/mol. The molecule has 0 radical (unpaired) electrons. The fourth-order valence-corrected chi connectivity index (χ4v) is 4.06. The Bertz CT molecular complexity index is 1090. The Morgan fingerprint density at radius 1 is 1.06 bits per heavy atom. The van der Waals surface area contributed by atoms with Gasteiger partial charge in [0.2, 0.25) is 0 Å². The van der Waals surface area contributed by atoms with E-state index in [1.54, 1.807) is 31.6 Å². The minimum atomic E-state index is -0.183. The van der Waals surface area contributed by atoms with E-state index in [1.807, 2.05) is 42.5 Å². The molecule has 0 bridgehead atoms. The van der Waals surface area contributed by atoms with Crippen molar-refractivity contribution in [3.63, 3.8) is 0 Å². The predicted octanol–water partition coefficient (Wildman–Crippen LogP) is 4.79. The largest absolute Gasteiger partial charge is 0.496 e. The summed E-state index contributed by atoms with van der Waals surface area (Å²) in [5.41, 5.74) is 4.48. The van der Waals surface area contributed by atoms with Crippen molar-refractivity contribution >= 4 is 17.3 Å². The van der Waals surface area contributed by atoms with E-state index >= 15 is 0 Å². The van der Waals surface area contributed by atoms with Gasteiger partial charge in [0.15, 0.2) is 0 Å². The van der Waals surface area contributed by atoms with Crippen LogP contribution >= 0.6 is 0 Å². The number of methoxy groups -OCH3 is 1. The van der Waals surface area contributed by atoms with E-state index in [1.165, 1.54) is 25.7 Å². The lowest BCUT2D eigenvalue weighted by Gasteiger charge is -2.17. The maximum Gasteiger partial charge on any atom is 0.255 e. The Morgan fingerprint density at radius 3 is 2.56 bits per heavy atom. The van der Waals surface area contributed by atoms with E-state index in [4.69, 9.17) is 10.1 Å². The number of carbonyl (C=O) groups is 1. The van der Waals surface area contributed by atoms with Gasteiger partial charge in [0, 0.05) is 41.8 Å². The first kappa shape index (κ1) is 21.6. The smallest absolute Gasteiger partial charge is 0.255 e. The highest BCUT2D eigenvalue weighted by molar-refractivity contribution is 6.13. The number of para-hydroxylation sites is 1. The Kier molecular flexibility index (Phi) is 6.80. The molecule has 2 aromatic carbocycles. The molecule has 0 saturated heterocycles. The summed E-state index contributed by atoms with van der Waals surface area (Å²) < 4.78 is 5.26. The molecule has 1 aliphatic rings. The highest BCUT2D eigenvalue weighted by atomic mass is 16.5. The first-order valence-electron chi connectivity index (χ1n) is 11.0. The number of aromatic nitrogens is 1. The normalized spacial score (nSPS) is 13.5. The van der Waals surface area contributed by atoms with Crippen LogP contribution < -0.4 is 15.4 Å². The van der Waals surface area contributed by atoms with Crippen LogP contribution in [0.4, 0.5) is 5.69 Å². The molecule has 0 atom stereocenters. The van der Waals surface area contributed by atoms with Gasteiger partial charge in [-0.2, -0.15) is 0 Å². The van der Waals surface area contributed by atoms with Gasteiger partial charge in [-0.1, -0.05) is 49.2 Å². The van der Waals surface area contributed by atoms with Gasteiger partial charge in [0.05, 0.1) is 18.4 Å². The van der Waals surface area contributed by atoms with Crippen molar-refractivity contribution in [3.8, 4) is 5.75 Å². The second kappa shape index (κ2) is 10.1. The van der Waals surface area contributed by atoms with Gasteiger partial charge in [0.25, 0.3) is 5.91 Å². The fourth-order valence-electron chi connectivity index (χ4n) is 4.06. The molecule has 0 aliphatic heterocycles. The zero-order valence-electron chi connectivity index (χ0n) is 18.2. The minimum absolute atomic E-state index is 0.183. The molecule has 1 saturated carbocycles. The maximum atomic E-state index is 12.5. The van der Waals surface area contributed by atoms with E-state index in [0.29, 0.717) is 29.6 Å². The van der Waals surface area contributed by atoms with Gasteiger partial charge in [-0.25, -0.2) is 0 Å². The molecule has 1 amide bonds. The van der Waals surface area contributed by atoms with Crippen molar-refractivity contribution in [2.75, 3.05) is 12.4 Å². The summed E-state index contributed by atoms with van der Waals surface area (Å²) in [4.78, 5) is 16.7. The zero-order chi connectivity index (χ0) is 22.3. The standard InChI is InChI=1S/C26H28N4O2/c1-32-24-9-5-4-8-21(24)26(31)29-16-18-10-12-19(13-11-18)25(27)22-17-28-15-14-23(22)30-20-6-2-3-7-20/h4-5,8-15,17,20,27H,2-3,6-7,16H2,1H3,(H,28,30)(H,29,31). The molecule has 1 fully saturated rings. The molecule has 6 heteroatoms. The first-order chi connectivity index (χ1) is 15.7. The molecule has 3 N–H and O–H groups in total. The Labute approximate surface area is 188 Å². The number of rotatable bonds is 8. The van der Waals surface area contributed by atoms with Crippen molar-refractivity contribution in [1.82, 2.24) is 10.3 Å². The third-order valence-corrected chi connectivity index (χ3v) is 5.85. The first-order valence-corrected chi connectivity index (χ1v) is 11.0. The Hall–Kier alpha value is -3.67. The van der Waals surface area contributed by atoms with Gasteiger partial charge in [-0.3, -0.25) is 15.2 Å². The van der Waals surface area contributed by atoms with Crippen molar-refractivity contribution in [1.29, 1.82) is 5.41 Å². The number of carbonyl (C=O) groups excluding carboxylic acids is 1. The summed E-state index contributed by atoms with van der Waals surface area (Å²) in [6.07, 6.45) is 8.37. The summed E-state index contributed by atoms with van der Waals surface area (Å²) in [6, 6.07) is 17.3. The number of ether oxygens (including phenoxy) is 1. The third-order valence-electron chi connectivity index (χ3n) is 5.85. The molecule has 32 heavy (non-hydrogen) atoms. The van der Waals surface area contributed by atoms with Crippen molar-refractivity contribution in [3.05, 3.63) is 89.2 Å². The van der Waals surface area contributed by atoms with Crippen LogP contribution in [0.25, 0.3) is 0 Å². The molecular weight excluding hydrogens is 400 g/mol. The SMILES string of the molecule is COc1ccccc1C(=O)NCc1ccc(C(=N)c2cnccc2NC2CCCC2)cc1. The molecule has 6 nitrogen and oxygen atoms in total. The average molecular weight is 429 g/mol. The van der Waals surface area contributed by atoms with Crippen LogP contribution in [0.3, 0.4) is 0 Å². The van der Waals surface area contributed by atoms with E-state index in [9.17, 15) is 4.79 Å². The van der Waals surface area contributed by atoms with Gasteiger partial charge in [-0.05, 0) is 36.6 Å². The molecule has 1 aliphatic carbocycles. The third kappa shape index (κ3) is 4.97. The lowest BCUT2D eigenvalue weighted by molar-refractivity contribution is 0.0948. The molecular formula is C26H28N4O2. The van der Waals surface area contributed by atoms with Crippen LogP contribution in [0.15, 0.2) is 67.0 Å². The maximum absolute atomic E-state index is 12.5. The topological polar surface area (TPSA) is 87.1 Å². The molecule has 4 rings (SSSR count). The summed E-state index contributed by atoms with van der Waals surface area (Å²) in [7, 11) is 1.55. The summed E-state index contributed by atoms with van der Waals surface area (Å²) >= 11 is 0. The van der Waals surface area contributed by atoms with Gasteiger partial charge in [0.1, 0.15) is 5.75 Å². The minimum Gasteiger partial charge on any atom is -0.496 e. The zero-order valence-corrected chi connectivity index (χ0v) is 18.2. The van der Waals surface area contributed by atoms with Crippen LogP contribution in [0, 0.1) is 5.41 Å². The molecule has 3 aromatic rings. The number of hydrogen-bond acceptors (Lipinski definition) is 5. The van der Waals surface area contributed by atoms with Crippen molar-refractivity contribution < 1.29 is 9.53 Å². The van der Waals surface area contributed by atoms with Crippen LogP contribution in [0.5, 0.6) is 5.75 Å². The molecule has 0 spiro atoms. The van der Waals surface area contributed by atoms with Crippen molar-refractivity contribution in [2.45, 2.75) is 38.3 Å². The number of amides is 1. The molecule has 0 unspecified atom stereocenters. The predicted molar refractivity (Wildman–Crippen MR) is 127 cm³/mol. The van der Waals surface area contributed by atoms with E-state index < -0.39 is 0 Å². The van der Waals surface area contributed by atoms with Crippen LogP contribution in [0.2, 0.25) is 0 Å². The average Bonchev–Trinajstić information content (AvgIpc) is 3.36. The Morgan fingerprint density at radius 2 is 1.81 bits per heavy atom. The van der Waals surface area contributed by atoms with E-state index in [2.05, 4.69) is 15.6 Å². The van der Waals surface area contributed by atoms with Gasteiger partial charge < -0.3 is 15.4 Å². The lowest BCUT2D eigenvalue weighted by atomic mass is 10.0. The Balaban J connectivity index is 1.41. The van der Waals surface area contributed by atoms with E-state index in [0.717, 1.165) is 22.4 Å². The highest BCUT2D eigenvalue weighted by Gasteiger charge is 2.18. The molecule has 1 heterocycles. The number of pyridine rings is 1. The molecule has 1 aromatic heterocycles. The second-order valence-corrected chi connectivity index (χ2v) is 8.00. The van der Waals surface area contributed by atoms with Crippen LogP contribution in [0.1, 0.15) is 52.7 Å². The summed E-state index contributed by atoms with van der Waals surface area (Å²) in [5.74, 6) is 0.365. The number of nitrogens with zero attached hydrogens (tertiary/aromatic N) is 1. The number of benzene rings is 2. The van der Waals surface area contributed by atoms with Gasteiger partial charge >= 0.3 is 0 Å². The van der Waals surface area contributed by atoms with Gasteiger partial charge in [-0.15, -0.1) is 0 Å². The number of hydrogen-bond donors (Lipinski definition) is 3. The molecule has 164 valence electrons. The fraction of sp³-hybridized carbons (Fsp3) is 0.269. The summed E-state index contributed by atoms with van der Waals surface area (Å²) in [5, 5.41) is 15.2.